The molecule has 0 radical (unpaired) electrons. The molecule has 0 unspecified atom stereocenters. The Bertz CT molecular complexity index is 834. The molecule has 0 saturated carbocycles. The number of alkyl halides is 3. The number of hydrogen-bond acceptors (Lipinski definition) is 4. The van der Waals surface area contributed by atoms with Crippen LogP contribution < -0.4 is 10.1 Å². The van der Waals surface area contributed by atoms with Crippen LogP contribution >= 0.6 is 12.6 Å². The second-order valence-corrected chi connectivity index (χ2v) is 6.50. The predicted octanol–water partition coefficient (Wildman–Crippen LogP) is 4.14. The van der Waals surface area contributed by atoms with Gasteiger partial charge in [-0.3, -0.25) is 4.99 Å². The van der Waals surface area contributed by atoms with Gasteiger partial charge in [0.15, 0.2) is 0 Å². The number of thiol groups is 1. The topological polar surface area (TPSA) is 33.6 Å². The lowest BCUT2D eigenvalue weighted by Gasteiger charge is -2.18. The number of methoxy groups -OCH3 is 1. The van der Waals surface area contributed by atoms with Crippen molar-refractivity contribution in [2.45, 2.75) is 23.9 Å². The smallest absolute Gasteiger partial charge is 0.416 e. The van der Waals surface area contributed by atoms with Crippen LogP contribution in [0.2, 0.25) is 0 Å². The standard InChI is InChI=1S/C19H19F3N2OS/c1-25-17-8-6-13(26)11-12(17)5-7-14-15(18-23-9-10-24-18)3-2-4-16(14)19(20,21)22/h2-4,6,8,11,26H,5,7,9-10H2,1H3,(H,23,24). The molecule has 0 saturated heterocycles. The van der Waals surface area contributed by atoms with E-state index in [1.165, 1.54) is 6.07 Å². The van der Waals surface area contributed by atoms with Gasteiger partial charge >= 0.3 is 6.18 Å². The van der Waals surface area contributed by atoms with Gasteiger partial charge in [-0.15, -0.1) is 12.6 Å². The first-order valence-corrected chi connectivity index (χ1v) is 8.68. The molecule has 0 fully saturated rings. The molecule has 0 aromatic heterocycles. The highest BCUT2D eigenvalue weighted by Gasteiger charge is 2.34. The first kappa shape index (κ1) is 18.6. The molecule has 1 aliphatic rings. The molecule has 138 valence electrons. The Morgan fingerprint density at radius 3 is 2.65 bits per heavy atom. The Kier molecular flexibility index (Phi) is 5.46. The van der Waals surface area contributed by atoms with Gasteiger partial charge in [0.05, 0.1) is 19.2 Å². The average Bonchev–Trinajstić information content (AvgIpc) is 3.13. The summed E-state index contributed by atoms with van der Waals surface area (Å²) in [6.45, 7) is 1.21. The van der Waals surface area contributed by atoms with Crippen molar-refractivity contribution < 1.29 is 17.9 Å². The fourth-order valence-corrected chi connectivity index (χ4v) is 3.37. The molecule has 2 aromatic carbocycles. The van der Waals surface area contributed by atoms with Crippen LogP contribution in [0.1, 0.15) is 22.3 Å². The lowest BCUT2D eigenvalue weighted by Crippen LogP contribution is -2.23. The Morgan fingerprint density at radius 2 is 2.00 bits per heavy atom. The van der Waals surface area contributed by atoms with E-state index in [4.69, 9.17) is 4.74 Å². The molecule has 0 spiro atoms. The van der Waals surface area contributed by atoms with Gasteiger partial charge in [0.25, 0.3) is 0 Å². The number of halogens is 3. The molecule has 1 N–H and O–H groups in total. The summed E-state index contributed by atoms with van der Waals surface area (Å²) in [5.41, 5.74) is 0.967. The Hall–Kier alpha value is -2.15. The fourth-order valence-electron chi connectivity index (χ4n) is 3.14. The zero-order valence-corrected chi connectivity index (χ0v) is 15.1. The van der Waals surface area contributed by atoms with Crippen LogP contribution in [0.3, 0.4) is 0 Å². The Balaban J connectivity index is 1.99. The molecule has 26 heavy (non-hydrogen) atoms. The highest BCUT2D eigenvalue weighted by atomic mass is 32.1. The van der Waals surface area contributed by atoms with E-state index in [0.29, 0.717) is 36.7 Å². The van der Waals surface area contributed by atoms with E-state index < -0.39 is 11.7 Å². The van der Waals surface area contributed by atoms with Crippen LogP contribution in [0.5, 0.6) is 5.75 Å². The first-order chi connectivity index (χ1) is 12.4. The minimum absolute atomic E-state index is 0.222. The molecular weight excluding hydrogens is 361 g/mol. The van der Waals surface area contributed by atoms with Gasteiger partial charge in [-0.2, -0.15) is 13.2 Å². The number of aryl methyl sites for hydroxylation is 1. The fraction of sp³-hybridized carbons (Fsp3) is 0.316. The molecule has 0 aliphatic carbocycles. The van der Waals surface area contributed by atoms with E-state index in [9.17, 15) is 13.2 Å². The van der Waals surface area contributed by atoms with Crippen molar-refractivity contribution in [1.29, 1.82) is 0 Å². The van der Waals surface area contributed by atoms with Crippen LogP contribution in [0.15, 0.2) is 46.3 Å². The molecule has 0 atom stereocenters. The van der Waals surface area contributed by atoms with E-state index in [1.54, 1.807) is 25.3 Å². The number of benzene rings is 2. The number of nitrogens with one attached hydrogen (secondary N) is 1. The summed E-state index contributed by atoms with van der Waals surface area (Å²) in [5, 5.41) is 3.07. The van der Waals surface area contributed by atoms with Crippen molar-refractivity contribution in [3.63, 3.8) is 0 Å². The normalized spacial score (nSPS) is 14.1. The molecule has 3 nitrogen and oxygen atoms in total. The minimum atomic E-state index is -4.42. The van der Waals surface area contributed by atoms with Crippen LogP contribution in [0, 0.1) is 0 Å². The van der Waals surface area contributed by atoms with E-state index in [0.717, 1.165) is 16.5 Å². The lowest BCUT2D eigenvalue weighted by molar-refractivity contribution is -0.138. The summed E-state index contributed by atoms with van der Waals surface area (Å²) in [5.74, 6) is 1.17. The number of nitrogens with zero attached hydrogens (tertiary/aromatic N) is 1. The Labute approximate surface area is 155 Å². The van der Waals surface area contributed by atoms with Crippen molar-refractivity contribution in [2.24, 2.45) is 4.99 Å². The zero-order chi connectivity index (χ0) is 18.7. The third kappa shape index (κ3) is 3.98. The van der Waals surface area contributed by atoms with Gasteiger partial charge in [-0.25, -0.2) is 0 Å². The quantitative estimate of drug-likeness (QED) is 0.765. The highest BCUT2D eigenvalue weighted by Crippen LogP contribution is 2.35. The van der Waals surface area contributed by atoms with Crippen LogP contribution in [0.25, 0.3) is 0 Å². The van der Waals surface area contributed by atoms with Crippen LogP contribution in [-0.4, -0.2) is 26.0 Å². The maximum atomic E-state index is 13.6. The van der Waals surface area contributed by atoms with Gasteiger partial charge < -0.3 is 10.1 Å². The van der Waals surface area contributed by atoms with Gasteiger partial charge in [-0.05, 0) is 48.2 Å². The van der Waals surface area contributed by atoms with Crippen molar-refractivity contribution in [3.8, 4) is 5.75 Å². The van der Waals surface area contributed by atoms with Crippen LogP contribution in [-0.2, 0) is 19.0 Å². The minimum Gasteiger partial charge on any atom is -0.496 e. The van der Waals surface area contributed by atoms with E-state index in [-0.39, 0.29) is 12.0 Å². The lowest BCUT2D eigenvalue weighted by atomic mass is 9.93. The van der Waals surface area contributed by atoms with Gasteiger partial charge in [0.2, 0.25) is 0 Å². The zero-order valence-electron chi connectivity index (χ0n) is 14.2. The molecule has 0 bridgehead atoms. The molecule has 1 heterocycles. The van der Waals surface area contributed by atoms with Gasteiger partial charge in [-0.1, -0.05) is 12.1 Å². The summed E-state index contributed by atoms with van der Waals surface area (Å²) in [7, 11) is 1.54. The molecule has 1 aliphatic heterocycles. The first-order valence-electron chi connectivity index (χ1n) is 8.24. The summed E-state index contributed by atoms with van der Waals surface area (Å²) < 4.78 is 46.0. The van der Waals surface area contributed by atoms with Crippen molar-refractivity contribution in [1.82, 2.24) is 5.32 Å². The predicted molar refractivity (Wildman–Crippen MR) is 98.5 cm³/mol. The number of ether oxygens (including phenoxy) is 1. The van der Waals surface area contributed by atoms with E-state index in [1.807, 2.05) is 6.07 Å². The third-order valence-corrected chi connectivity index (χ3v) is 4.60. The second kappa shape index (κ2) is 7.61. The van der Waals surface area contributed by atoms with Crippen LogP contribution in [0.4, 0.5) is 13.2 Å². The maximum Gasteiger partial charge on any atom is 0.416 e. The molecule has 0 amide bonds. The average molecular weight is 380 g/mol. The third-order valence-electron chi connectivity index (χ3n) is 4.32. The Morgan fingerprint density at radius 1 is 1.19 bits per heavy atom. The maximum absolute atomic E-state index is 13.6. The van der Waals surface area contributed by atoms with Crippen molar-refractivity contribution in [2.75, 3.05) is 20.2 Å². The molecule has 7 heteroatoms. The van der Waals surface area contributed by atoms with E-state index >= 15 is 0 Å². The molecular formula is C19H19F3N2OS. The molecule has 3 rings (SSSR count). The SMILES string of the molecule is COc1ccc(S)cc1CCc1c(C2=NCCN2)cccc1C(F)(F)F. The molecule has 2 aromatic rings. The monoisotopic (exact) mass is 380 g/mol. The van der Waals surface area contributed by atoms with Gasteiger partial charge in [0.1, 0.15) is 11.6 Å². The summed E-state index contributed by atoms with van der Waals surface area (Å²) in [6, 6.07) is 9.63. The van der Waals surface area contributed by atoms with Crippen molar-refractivity contribution in [3.05, 3.63) is 58.7 Å². The van der Waals surface area contributed by atoms with Crippen molar-refractivity contribution >= 4 is 18.5 Å². The number of rotatable bonds is 5. The highest BCUT2D eigenvalue weighted by molar-refractivity contribution is 7.80. The van der Waals surface area contributed by atoms with Gasteiger partial charge in [0, 0.05) is 17.0 Å². The summed E-state index contributed by atoms with van der Waals surface area (Å²) in [4.78, 5) is 5.04. The summed E-state index contributed by atoms with van der Waals surface area (Å²) >= 11 is 4.31. The van der Waals surface area contributed by atoms with E-state index in [2.05, 4.69) is 22.9 Å². The second-order valence-electron chi connectivity index (χ2n) is 5.98. The number of hydrogen-bond donors (Lipinski definition) is 2. The largest absolute Gasteiger partial charge is 0.496 e. The number of aliphatic imine (C=N–C) groups is 1. The summed E-state index contributed by atoms with van der Waals surface area (Å²) in [6.07, 6.45) is -3.79. The number of amidine groups is 1.